The molecule has 0 atom stereocenters. The fraction of sp³-hybridized carbons (Fsp3) is 0.429. The molecule has 0 spiro atoms. The van der Waals surface area contributed by atoms with Crippen LogP contribution < -0.4 is 0 Å². The first-order chi connectivity index (χ1) is 11.8. The lowest BCUT2D eigenvalue weighted by Crippen LogP contribution is -2.12. The Morgan fingerprint density at radius 2 is 1.04 bits per heavy atom. The maximum Gasteiger partial charge on any atom is 0.0667 e. The van der Waals surface area contributed by atoms with E-state index in [4.69, 9.17) is 0 Å². The first-order valence-corrected chi connectivity index (χ1v) is 8.87. The van der Waals surface area contributed by atoms with Crippen LogP contribution in [0.3, 0.4) is 0 Å². The van der Waals surface area contributed by atoms with Gasteiger partial charge in [0.25, 0.3) is 0 Å². The number of benzene rings is 1. The van der Waals surface area contributed by atoms with Gasteiger partial charge in [-0.3, -0.25) is 9.36 Å². The van der Waals surface area contributed by atoms with Crippen LogP contribution in [-0.2, 0) is 13.1 Å². The molecule has 4 heteroatoms. The highest BCUT2D eigenvalue weighted by molar-refractivity contribution is 5.45. The van der Waals surface area contributed by atoms with Gasteiger partial charge in [0.15, 0.2) is 0 Å². The lowest BCUT2D eigenvalue weighted by atomic mass is 9.93. The quantitative estimate of drug-likeness (QED) is 0.710. The minimum Gasteiger partial charge on any atom is -0.265 e. The summed E-state index contributed by atoms with van der Waals surface area (Å²) in [6, 6.07) is 6.57. The van der Waals surface area contributed by atoms with Gasteiger partial charge < -0.3 is 0 Å². The Bertz CT molecular complexity index is 856. The fourth-order valence-electron chi connectivity index (χ4n) is 3.73. The van der Waals surface area contributed by atoms with Gasteiger partial charge in [-0.15, -0.1) is 0 Å². The van der Waals surface area contributed by atoms with Crippen molar-refractivity contribution in [1.82, 2.24) is 19.6 Å². The molecule has 1 aromatic carbocycles. The van der Waals surface area contributed by atoms with E-state index in [1.807, 2.05) is 13.8 Å². The van der Waals surface area contributed by atoms with E-state index in [1.165, 1.54) is 39.2 Å². The van der Waals surface area contributed by atoms with E-state index < -0.39 is 0 Å². The van der Waals surface area contributed by atoms with E-state index in [0.717, 1.165) is 24.5 Å². The Kier molecular flexibility index (Phi) is 4.55. The van der Waals surface area contributed by atoms with Crippen LogP contribution in [0.2, 0.25) is 0 Å². The van der Waals surface area contributed by atoms with Crippen LogP contribution >= 0.6 is 0 Å². The summed E-state index contributed by atoms with van der Waals surface area (Å²) in [6.07, 6.45) is 0. The molecule has 0 radical (unpaired) electrons. The average molecular weight is 336 g/mol. The molecule has 0 aliphatic carbocycles. The van der Waals surface area contributed by atoms with Gasteiger partial charge in [0, 0.05) is 11.4 Å². The minimum absolute atomic E-state index is 0.821. The molecule has 4 nitrogen and oxygen atoms in total. The standard InChI is InChI=1S/C21H28N4/c1-13-8-14(2)21(12-25-18(6)10-16(4)23-25)19(7)20(13)11-24-17(5)9-15(3)22-24/h8-10H,11-12H2,1-7H3. The third-order valence-electron chi connectivity index (χ3n) is 5.11. The first kappa shape index (κ1) is 17.5. The van der Waals surface area contributed by atoms with Crippen molar-refractivity contribution in [3.8, 4) is 0 Å². The van der Waals surface area contributed by atoms with Gasteiger partial charge in [-0.25, -0.2) is 0 Å². The number of hydrogen-bond acceptors (Lipinski definition) is 2. The molecule has 0 fully saturated rings. The lowest BCUT2D eigenvalue weighted by Gasteiger charge is -2.19. The van der Waals surface area contributed by atoms with E-state index in [2.05, 4.69) is 72.4 Å². The van der Waals surface area contributed by atoms with Crippen LogP contribution in [0, 0.1) is 48.5 Å². The van der Waals surface area contributed by atoms with Crippen molar-refractivity contribution in [3.05, 3.63) is 68.8 Å². The van der Waals surface area contributed by atoms with E-state index in [0.29, 0.717) is 0 Å². The fourth-order valence-corrected chi connectivity index (χ4v) is 3.73. The average Bonchev–Trinajstić information content (AvgIpc) is 3.00. The Hall–Kier alpha value is -2.36. The highest BCUT2D eigenvalue weighted by atomic mass is 15.3. The smallest absolute Gasteiger partial charge is 0.0667 e. The number of rotatable bonds is 4. The van der Waals surface area contributed by atoms with E-state index in [9.17, 15) is 0 Å². The molecule has 132 valence electrons. The van der Waals surface area contributed by atoms with Crippen LogP contribution in [0.4, 0.5) is 0 Å². The van der Waals surface area contributed by atoms with Gasteiger partial charge in [0.05, 0.1) is 24.5 Å². The van der Waals surface area contributed by atoms with Crippen LogP contribution in [0.25, 0.3) is 0 Å². The maximum atomic E-state index is 4.64. The first-order valence-electron chi connectivity index (χ1n) is 8.87. The van der Waals surface area contributed by atoms with Gasteiger partial charge in [0.1, 0.15) is 0 Å². The topological polar surface area (TPSA) is 35.6 Å². The molecule has 0 aliphatic heterocycles. The molecular weight excluding hydrogens is 308 g/mol. The number of aromatic nitrogens is 4. The third-order valence-corrected chi connectivity index (χ3v) is 5.11. The molecule has 0 N–H and O–H groups in total. The number of hydrogen-bond donors (Lipinski definition) is 0. The third kappa shape index (κ3) is 3.39. The van der Waals surface area contributed by atoms with Crippen molar-refractivity contribution in [3.63, 3.8) is 0 Å². The summed E-state index contributed by atoms with van der Waals surface area (Å²) in [5.41, 5.74) is 11.3. The molecule has 3 rings (SSSR count). The van der Waals surface area contributed by atoms with E-state index in [1.54, 1.807) is 0 Å². The molecule has 25 heavy (non-hydrogen) atoms. The monoisotopic (exact) mass is 336 g/mol. The second-order valence-corrected chi connectivity index (χ2v) is 7.26. The summed E-state index contributed by atoms with van der Waals surface area (Å²) >= 11 is 0. The van der Waals surface area contributed by atoms with Crippen molar-refractivity contribution in [2.45, 2.75) is 61.6 Å². The van der Waals surface area contributed by atoms with Crippen molar-refractivity contribution >= 4 is 0 Å². The van der Waals surface area contributed by atoms with Gasteiger partial charge in [-0.2, -0.15) is 10.2 Å². The molecule has 0 aliphatic rings. The molecule has 0 saturated heterocycles. The summed E-state index contributed by atoms with van der Waals surface area (Å²) in [4.78, 5) is 0. The molecular formula is C21H28N4. The van der Waals surface area contributed by atoms with Gasteiger partial charge in [0.2, 0.25) is 0 Å². The van der Waals surface area contributed by atoms with Crippen molar-refractivity contribution in [2.24, 2.45) is 0 Å². The predicted octanol–water partition coefficient (Wildman–Crippen LogP) is 4.34. The van der Waals surface area contributed by atoms with Gasteiger partial charge in [-0.1, -0.05) is 6.07 Å². The SMILES string of the molecule is Cc1cc(C)n(Cc2c(C)cc(C)c(Cn3nc(C)cc3C)c2C)n1. The maximum absolute atomic E-state index is 4.64. The minimum atomic E-state index is 0.821. The molecule has 0 unspecified atom stereocenters. The zero-order valence-electron chi connectivity index (χ0n) is 16.4. The van der Waals surface area contributed by atoms with E-state index in [-0.39, 0.29) is 0 Å². The Balaban J connectivity index is 2.02. The summed E-state index contributed by atoms with van der Waals surface area (Å²) in [6.45, 7) is 16.6. The van der Waals surface area contributed by atoms with Crippen LogP contribution in [0.1, 0.15) is 50.6 Å². The van der Waals surface area contributed by atoms with Crippen molar-refractivity contribution in [1.29, 1.82) is 0 Å². The highest BCUT2D eigenvalue weighted by Gasteiger charge is 2.14. The largest absolute Gasteiger partial charge is 0.265 e. The molecule has 3 aromatic rings. The van der Waals surface area contributed by atoms with Crippen molar-refractivity contribution in [2.75, 3.05) is 0 Å². The van der Waals surface area contributed by atoms with Crippen LogP contribution in [-0.4, -0.2) is 19.6 Å². The van der Waals surface area contributed by atoms with E-state index >= 15 is 0 Å². The molecule has 2 aromatic heterocycles. The summed E-state index contributed by atoms with van der Waals surface area (Å²) in [5.74, 6) is 0. The number of aryl methyl sites for hydroxylation is 6. The highest BCUT2D eigenvalue weighted by Crippen LogP contribution is 2.25. The van der Waals surface area contributed by atoms with Gasteiger partial charge in [-0.05, 0) is 88.4 Å². The summed E-state index contributed by atoms with van der Waals surface area (Å²) < 4.78 is 4.21. The summed E-state index contributed by atoms with van der Waals surface area (Å²) in [5, 5.41) is 9.28. The molecule has 2 heterocycles. The Morgan fingerprint density at radius 3 is 1.36 bits per heavy atom. The lowest BCUT2D eigenvalue weighted by molar-refractivity contribution is 0.639. The number of nitrogens with zero attached hydrogens (tertiary/aromatic N) is 4. The predicted molar refractivity (Wildman–Crippen MR) is 102 cm³/mol. The second kappa shape index (κ2) is 6.51. The molecule has 0 bridgehead atoms. The van der Waals surface area contributed by atoms with Crippen LogP contribution in [0.15, 0.2) is 18.2 Å². The molecule has 0 amide bonds. The normalized spacial score (nSPS) is 11.3. The Labute approximate surface area is 150 Å². The summed E-state index contributed by atoms with van der Waals surface area (Å²) in [7, 11) is 0. The van der Waals surface area contributed by atoms with Crippen molar-refractivity contribution < 1.29 is 0 Å². The zero-order valence-corrected chi connectivity index (χ0v) is 16.4. The van der Waals surface area contributed by atoms with Crippen LogP contribution in [0.5, 0.6) is 0 Å². The van der Waals surface area contributed by atoms with Gasteiger partial charge >= 0.3 is 0 Å². The molecule has 0 saturated carbocycles. The Morgan fingerprint density at radius 1 is 0.640 bits per heavy atom. The second-order valence-electron chi connectivity index (χ2n) is 7.26. The zero-order chi connectivity index (χ0) is 18.3.